The molecule has 1 unspecified atom stereocenters. The van der Waals surface area contributed by atoms with Crippen molar-refractivity contribution < 1.29 is 14.3 Å². The minimum absolute atomic E-state index is 0.367. The van der Waals surface area contributed by atoms with Crippen LogP contribution in [0.5, 0.6) is 0 Å². The van der Waals surface area contributed by atoms with E-state index in [-0.39, 0.29) is 5.97 Å². The molecule has 0 spiro atoms. The number of ether oxygens (including phenoxy) is 2. The number of aromatic nitrogens is 1. The molecule has 1 aromatic heterocycles. The van der Waals surface area contributed by atoms with Crippen LogP contribution in [0.25, 0.3) is 0 Å². The van der Waals surface area contributed by atoms with Gasteiger partial charge in [-0.15, -0.1) is 0 Å². The van der Waals surface area contributed by atoms with Crippen molar-refractivity contribution in [2.45, 2.75) is 19.4 Å². The predicted octanol–water partition coefficient (Wildman–Crippen LogP) is 1.38. The number of hydrogen-bond donors (Lipinski definition) is 1. The van der Waals surface area contributed by atoms with Crippen molar-refractivity contribution in [2.24, 2.45) is 5.92 Å². The zero-order valence-corrected chi connectivity index (χ0v) is 11.2. The molecule has 0 radical (unpaired) electrons. The molecule has 19 heavy (non-hydrogen) atoms. The number of hydrogen-bond acceptors (Lipinski definition) is 5. The molecule has 0 aliphatic carbocycles. The highest BCUT2D eigenvalue weighted by Crippen LogP contribution is 2.11. The summed E-state index contributed by atoms with van der Waals surface area (Å²) in [5.74, 6) is 0.233. The quantitative estimate of drug-likeness (QED) is 0.814. The van der Waals surface area contributed by atoms with E-state index in [1.807, 2.05) is 0 Å². The average molecular weight is 264 g/mol. The van der Waals surface area contributed by atoms with Gasteiger partial charge in [-0.1, -0.05) is 0 Å². The number of esters is 1. The number of piperidine rings is 1. The molecule has 1 aliphatic heterocycles. The van der Waals surface area contributed by atoms with E-state index < -0.39 is 0 Å². The number of carbonyl (C=O) groups is 1. The van der Waals surface area contributed by atoms with Crippen molar-refractivity contribution in [3.63, 3.8) is 0 Å². The fourth-order valence-electron chi connectivity index (χ4n) is 2.14. The first-order valence-electron chi connectivity index (χ1n) is 6.61. The van der Waals surface area contributed by atoms with Crippen LogP contribution in [0.1, 0.15) is 28.9 Å². The highest BCUT2D eigenvalue weighted by Gasteiger charge is 2.13. The van der Waals surface area contributed by atoms with Gasteiger partial charge in [0.25, 0.3) is 0 Å². The Bertz CT molecular complexity index is 400. The Morgan fingerprint density at radius 1 is 1.53 bits per heavy atom. The Labute approximate surface area is 113 Å². The predicted molar refractivity (Wildman–Crippen MR) is 70.8 cm³/mol. The summed E-state index contributed by atoms with van der Waals surface area (Å²) in [6, 6.07) is 3.51. The number of nitrogens with zero attached hydrogens (tertiary/aromatic N) is 1. The monoisotopic (exact) mass is 264 g/mol. The van der Waals surface area contributed by atoms with Crippen molar-refractivity contribution in [2.75, 3.05) is 26.8 Å². The summed E-state index contributed by atoms with van der Waals surface area (Å²) in [6.45, 7) is 3.40. The number of carbonyl (C=O) groups excluding carboxylic acids is 1. The van der Waals surface area contributed by atoms with E-state index >= 15 is 0 Å². The third kappa shape index (κ3) is 4.29. The molecule has 1 fully saturated rings. The highest BCUT2D eigenvalue weighted by atomic mass is 16.5. The van der Waals surface area contributed by atoms with E-state index in [1.165, 1.54) is 26.1 Å². The summed E-state index contributed by atoms with van der Waals surface area (Å²) in [7, 11) is 1.36. The summed E-state index contributed by atoms with van der Waals surface area (Å²) in [4.78, 5) is 15.4. The largest absolute Gasteiger partial charge is 0.465 e. The SMILES string of the molecule is COC(=O)c1ccc(COCC2CCCNC2)nc1. The normalized spacial score (nSPS) is 19.1. The van der Waals surface area contributed by atoms with Crippen molar-refractivity contribution >= 4 is 5.97 Å². The van der Waals surface area contributed by atoms with Crippen LogP contribution in [0.4, 0.5) is 0 Å². The summed E-state index contributed by atoms with van der Waals surface area (Å²) in [6.07, 6.45) is 3.97. The van der Waals surface area contributed by atoms with Crippen LogP contribution in [0, 0.1) is 5.92 Å². The lowest BCUT2D eigenvalue weighted by molar-refractivity contribution is 0.0599. The van der Waals surface area contributed by atoms with Crippen molar-refractivity contribution in [1.29, 1.82) is 0 Å². The first-order chi connectivity index (χ1) is 9.29. The van der Waals surface area contributed by atoms with Gasteiger partial charge >= 0.3 is 5.97 Å². The summed E-state index contributed by atoms with van der Waals surface area (Å²) < 4.78 is 10.3. The van der Waals surface area contributed by atoms with E-state index in [0.717, 1.165) is 25.4 Å². The van der Waals surface area contributed by atoms with Gasteiger partial charge in [0.2, 0.25) is 0 Å². The van der Waals surface area contributed by atoms with Crippen LogP contribution in [0.3, 0.4) is 0 Å². The molecule has 5 heteroatoms. The maximum absolute atomic E-state index is 11.2. The number of nitrogens with one attached hydrogen (secondary N) is 1. The van der Waals surface area contributed by atoms with Crippen LogP contribution < -0.4 is 5.32 Å². The van der Waals surface area contributed by atoms with Gasteiger partial charge in [-0.3, -0.25) is 4.98 Å². The van der Waals surface area contributed by atoms with Gasteiger partial charge in [0.05, 0.1) is 31.6 Å². The summed E-state index contributed by atoms with van der Waals surface area (Å²) >= 11 is 0. The number of methoxy groups -OCH3 is 1. The third-order valence-corrected chi connectivity index (χ3v) is 3.25. The Balaban J connectivity index is 1.75. The van der Waals surface area contributed by atoms with Crippen molar-refractivity contribution in [1.82, 2.24) is 10.3 Å². The standard InChI is InChI=1S/C14H20N2O3/c1-18-14(17)12-4-5-13(16-8-12)10-19-9-11-3-2-6-15-7-11/h4-5,8,11,15H,2-3,6-7,9-10H2,1H3. The van der Waals surface area contributed by atoms with E-state index in [1.54, 1.807) is 12.1 Å². The first-order valence-corrected chi connectivity index (χ1v) is 6.61. The molecule has 1 N–H and O–H groups in total. The van der Waals surface area contributed by atoms with E-state index in [4.69, 9.17) is 4.74 Å². The van der Waals surface area contributed by atoms with Crippen LogP contribution in [-0.4, -0.2) is 37.8 Å². The smallest absolute Gasteiger partial charge is 0.339 e. The molecule has 0 bridgehead atoms. The van der Waals surface area contributed by atoms with Gasteiger partial charge in [-0.05, 0) is 37.4 Å². The fourth-order valence-corrected chi connectivity index (χ4v) is 2.14. The Morgan fingerprint density at radius 2 is 2.42 bits per heavy atom. The second kappa shape index (κ2) is 7.21. The summed E-state index contributed by atoms with van der Waals surface area (Å²) in [5, 5.41) is 3.36. The molecular formula is C14H20N2O3. The molecular weight excluding hydrogens is 244 g/mol. The van der Waals surface area contributed by atoms with E-state index in [9.17, 15) is 4.79 Å². The second-order valence-electron chi connectivity index (χ2n) is 4.76. The molecule has 2 heterocycles. The van der Waals surface area contributed by atoms with E-state index in [0.29, 0.717) is 18.1 Å². The minimum atomic E-state index is -0.367. The first kappa shape index (κ1) is 14.0. The van der Waals surface area contributed by atoms with E-state index in [2.05, 4.69) is 15.0 Å². The fraction of sp³-hybridized carbons (Fsp3) is 0.571. The van der Waals surface area contributed by atoms with Crippen LogP contribution in [0.2, 0.25) is 0 Å². The minimum Gasteiger partial charge on any atom is -0.465 e. The Kier molecular flexibility index (Phi) is 5.30. The van der Waals surface area contributed by atoms with Crippen LogP contribution in [-0.2, 0) is 16.1 Å². The lowest BCUT2D eigenvalue weighted by atomic mass is 10.0. The molecule has 1 atom stereocenters. The lowest BCUT2D eigenvalue weighted by Crippen LogP contribution is -2.32. The van der Waals surface area contributed by atoms with Gasteiger partial charge < -0.3 is 14.8 Å². The van der Waals surface area contributed by atoms with Crippen molar-refractivity contribution in [3.8, 4) is 0 Å². The number of rotatable bonds is 5. The van der Waals surface area contributed by atoms with Gasteiger partial charge in [0, 0.05) is 12.7 Å². The average Bonchev–Trinajstić information content (AvgIpc) is 2.48. The molecule has 0 amide bonds. The molecule has 104 valence electrons. The second-order valence-corrected chi connectivity index (χ2v) is 4.76. The maximum atomic E-state index is 11.2. The zero-order valence-electron chi connectivity index (χ0n) is 11.2. The highest BCUT2D eigenvalue weighted by molar-refractivity contribution is 5.88. The third-order valence-electron chi connectivity index (χ3n) is 3.25. The zero-order chi connectivity index (χ0) is 13.5. The van der Waals surface area contributed by atoms with Gasteiger partial charge in [-0.2, -0.15) is 0 Å². The lowest BCUT2D eigenvalue weighted by Gasteiger charge is -2.22. The molecule has 1 aliphatic rings. The van der Waals surface area contributed by atoms with Crippen molar-refractivity contribution in [3.05, 3.63) is 29.6 Å². The van der Waals surface area contributed by atoms with Gasteiger partial charge in [-0.25, -0.2) is 4.79 Å². The number of pyridine rings is 1. The summed E-state index contributed by atoms with van der Waals surface area (Å²) in [5.41, 5.74) is 1.29. The molecule has 1 aromatic rings. The molecule has 1 saturated heterocycles. The Hall–Kier alpha value is -1.46. The molecule has 0 aromatic carbocycles. The maximum Gasteiger partial charge on any atom is 0.339 e. The topological polar surface area (TPSA) is 60.5 Å². The van der Waals surface area contributed by atoms with Gasteiger partial charge in [0.1, 0.15) is 0 Å². The van der Waals surface area contributed by atoms with Crippen LogP contribution in [0.15, 0.2) is 18.3 Å². The molecule has 0 saturated carbocycles. The van der Waals surface area contributed by atoms with Gasteiger partial charge in [0.15, 0.2) is 0 Å². The Morgan fingerprint density at radius 3 is 3.05 bits per heavy atom. The molecule has 2 rings (SSSR count). The molecule has 5 nitrogen and oxygen atoms in total. The van der Waals surface area contributed by atoms with Crippen LogP contribution >= 0.6 is 0 Å².